The van der Waals surface area contributed by atoms with E-state index in [2.05, 4.69) is 5.32 Å². The molecule has 0 aromatic carbocycles. The molecule has 1 aliphatic rings. The molecule has 1 saturated heterocycles. The molecule has 7 heteroatoms. The summed E-state index contributed by atoms with van der Waals surface area (Å²) in [6.07, 6.45) is 1.47. The number of carbonyl (C=O) groups excluding carboxylic acids is 2. The molecule has 1 aliphatic heterocycles. The largest absolute Gasteiger partial charge is 1.00 e. The molecule has 0 aromatic heterocycles. The molecule has 0 unspecified atom stereocenters. The van der Waals surface area contributed by atoms with E-state index in [4.69, 9.17) is 4.74 Å². The maximum Gasteiger partial charge on any atom is 1.00 e. The van der Waals surface area contributed by atoms with E-state index < -0.39 is 11.6 Å². The van der Waals surface area contributed by atoms with Crippen molar-refractivity contribution in [1.82, 2.24) is 10.2 Å². The van der Waals surface area contributed by atoms with Crippen molar-refractivity contribution >= 4 is 12.4 Å². The van der Waals surface area contributed by atoms with Crippen molar-refractivity contribution in [3.05, 3.63) is 0 Å². The standard InChI is InChI=1S/C10H17N2O3.Na.H2O/c1-10(2,3)15-9(14)12-5-4-11-8(6-12)7-13;;/h8,11H,4-6H2,1-3H3;;1H2/q-1;+1;/p-1/t8-;;/m0../s1. The SMILES string of the molecule is CC(C)(C)OC(=O)N1CCN[C@H]([C-]=O)C1.[Na+].[OH-]. The fourth-order valence-electron chi connectivity index (χ4n) is 1.32. The molecular formula is C10H18N2NaO4-. The van der Waals surface area contributed by atoms with E-state index in [-0.39, 0.29) is 41.1 Å². The topological polar surface area (TPSA) is 88.6 Å². The third kappa shape index (κ3) is 7.00. The Bertz CT molecular complexity index is 255. The first-order chi connectivity index (χ1) is 6.92. The van der Waals surface area contributed by atoms with Crippen molar-refractivity contribution < 1.29 is 49.4 Å². The normalized spacial score (nSPS) is 19.7. The molecule has 0 saturated carbocycles. The molecule has 1 atom stereocenters. The van der Waals surface area contributed by atoms with E-state index in [1.54, 1.807) is 0 Å². The third-order valence-corrected chi connectivity index (χ3v) is 1.97. The summed E-state index contributed by atoms with van der Waals surface area (Å²) in [7, 11) is 0. The molecule has 2 N–H and O–H groups in total. The molecule has 0 radical (unpaired) electrons. The smallest absolute Gasteiger partial charge is 0.870 e. The minimum Gasteiger partial charge on any atom is -0.870 e. The summed E-state index contributed by atoms with van der Waals surface area (Å²) in [5.41, 5.74) is -0.498. The van der Waals surface area contributed by atoms with Gasteiger partial charge in [0, 0.05) is 19.6 Å². The average molecular weight is 253 g/mol. The molecular weight excluding hydrogens is 235 g/mol. The first kappa shape index (κ1) is 19.2. The predicted octanol–water partition coefficient (Wildman–Crippen LogP) is -2.87. The number of nitrogens with one attached hydrogen (secondary N) is 1. The van der Waals surface area contributed by atoms with Crippen LogP contribution >= 0.6 is 0 Å². The maximum atomic E-state index is 11.6. The van der Waals surface area contributed by atoms with E-state index >= 15 is 0 Å². The van der Waals surface area contributed by atoms with Gasteiger partial charge in [0.25, 0.3) is 0 Å². The number of piperazine rings is 1. The summed E-state index contributed by atoms with van der Waals surface area (Å²) in [6, 6.07) is -0.397. The van der Waals surface area contributed by atoms with Gasteiger partial charge in [-0.25, -0.2) is 11.1 Å². The van der Waals surface area contributed by atoms with Gasteiger partial charge in [-0.15, -0.1) is 0 Å². The van der Waals surface area contributed by atoms with Crippen LogP contribution in [0.4, 0.5) is 4.79 Å². The number of rotatable bonds is 1. The maximum absolute atomic E-state index is 11.6. The van der Waals surface area contributed by atoms with Gasteiger partial charge in [-0.2, -0.15) is 0 Å². The zero-order valence-electron chi connectivity index (χ0n) is 10.8. The van der Waals surface area contributed by atoms with Gasteiger partial charge in [-0.3, -0.25) is 0 Å². The van der Waals surface area contributed by atoms with Crippen molar-refractivity contribution in [3.8, 4) is 0 Å². The Kier molecular flexibility index (Phi) is 9.09. The van der Waals surface area contributed by atoms with Gasteiger partial charge in [0.2, 0.25) is 0 Å². The quantitative estimate of drug-likeness (QED) is 0.401. The minimum atomic E-state index is -0.498. The van der Waals surface area contributed by atoms with Crippen LogP contribution in [-0.4, -0.2) is 54.0 Å². The summed E-state index contributed by atoms with van der Waals surface area (Å²) in [5.74, 6) is 0. The first-order valence-electron chi connectivity index (χ1n) is 5.01. The molecule has 0 spiro atoms. The fourth-order valence-corrected chi connectivity index (χ4v) is 1.32. The van der Waals surface area contributed by atoms with Gasteiger partial charge in [0.15, 0.2) is 0 Å². The van der Waals surface area contributed by atoms with Crippen LogP contribution in [0.5, 0.6) is 0 Å². The first-order valence-corrected chi connectivity index (χ1v) is 5.01. The van der Waals surface area contributed by atoms with Crippen molar-refractivity contribution in [2.24, 2.45) is 0 Å². The molecule has 0 aromatic rings. The van der Waals surface area contributed by atoms with Crippen LogP contribution in [0, 0.1) is 0 Å². The van der Waals surface area contributed by atoms with Gasteiger partial charge >= 0.3 is 35.7 Å². The Morgan fingerprint density at radius 1 is 1.47 bits per heavy atom. The van der Waals surface area contributed by atoms with Crippen LogP contribution in [0.1, 0.15) is 20.8 Å². The summed E-state index contributed by atoms with van der Waals surface area (Å²) >= 11 is 0. The number of hydrogen-bond donors (Lipinski definition) is 1. The number of amides is 1. The Morgan fingerprint density at radius 3 is 2.53 bits per heavy atom. The number of ether oxygens (including phenoxy) is 1. The van der Waals surface area contributed by atoms with Gasteiger partial charge in [0.1, 0.15) is 5.60 Å². The van der Waals surface area contributed by atoms with Crippen LogP contribution in [-0.2, 0) is 9.53 Å². The summed E-state index contributed by atoms with van der Waals surface area (Å²) in [4.78, 5) is 23.6. The minimum absolute atomic E-state index is 0. The second-order valence-electron chi connectivity index (χ2n) is 4.55. The summed E-state index contributed by atoms with van der Waals surface area (Å²) in [6.45, 7) is 6.94. The van der Waals surface area contributed by atoms with Crippen molar-refractivity contribution in [2.45, 2.75) is 32.4 Å². The third-order valence-electron chi connectivity index (χ3n) is 1.97. The average Bonchev–Trinajstić information content (AvgIpc) is 2.15. The van der Waals surface area contributed by atoms with Gasteiger partial charge in [-0.1, -0.05) is 6.04 Å². The monoisotopic (exact) mass is 253 g/mol. The van der Waals surface area contributed by atoms with Crippen LogP contribution < -0.4 is 34.9 Å². The van der Waals surface area contributed by atoms with E-state index in [0.29, 0.717) is 19.6 Å². The summed E-state index contributed by atoms with van der Waals surface area (Å²) in [5, 5.41) is 2.94. The summed E-state index contributed by atoms with van der Waals surface area (Å²) < 4.78 is 5.20. The van der Waals surface area contributed by atoms with E-state index in [0.717, 1.165) is 0 Å². The van der Waals surface area contributed by atoms with Crippen LogP contribution in [0.25, 0.3) is 0 Å². The Labute approximate surface area is 124 Å². The van der Waals surface area contributed by atoms with Crippen molar-refractivity contribution in [3.63, 3.8) is 0 Å². The predicted molar refractivity (Wildman–Crippen MR) is 57.2 cm³/mol. The van der Waals surface area contributed by atoms with E-state index in [9.17, 15) is 9.59 Å². The molecule has 1 amide bonds. The van der Waals surface area contributed by atoms with E-state index in [1.165, 1.54) is 4.90 Å². The number of carbonyl (C=O) groups is 1. The van der Waals surface area contributed by atoms with E-state index in [1.807, 2.05) is 27.1 Å². The Morgan fingerprint density at radius 2 is 2.06 bits per heavy atom. The van der Waals surface area contributed by atoms with Gasteiger partial charge < -0.3 is 25.2 Å². The van der Waals surface area contributed by atoms with Crippen LogP contribution in [0.3, 0.4) is 0 Å². The van der Waals surface area contributed by atoms with Gasteiger partial charge in [-0.05, 0) is 20.8 Å². The molecule has 1 fully saturated rings. The molecule has 94 valence electrons. The van der Waals surface area contributed by atoms with Crippen LogP contribution in [0.15, 0.2) is 0 Å². The fraction of sp³-hybridized carbons (Fsp3) is 0.800. The zero-order chi connectivity index (χ0) is 11.5. The van der Waals surface area contributed by atoms with Crippen molar-refractivity contribution in [1.29, 1.82) is 0 Å². The Hall–Kier alpha value is -0.140. The number of hydrogen-bond acceptors (Lipinski definition) is 5. The van der Waals surface area contributed by atoms with Gasteiger partial charge in [0.05, 0.1) is 0 Å². The molecule has 0 aliphatic carbocycles. The zero-order valence-corrected chi connectivity index (χ0v) is 12.8. The Balaban J connectivity index is 0. The second-order valence-corrected chi connectivity index (χ2v) is 4.55. The molecule has 1 heterocycles. The molecule has 6 nitrogen and oxygen atoms in total. The second kappa shape index (κ2) is 8.05. The molecule has 17 heavy (non-hydrogen) atoms. The molecule has 0 bridgehead atoms. The van der Waals surface area contributed by atoms with Crippen molar-refractivity contribution in [2.75, 3.05) is 19.6 Å². The van der Waals surface area contributed by atoms with Crippen LogP contribution in [0.2, 0.25) is 0 Å². The molecule has 1 rings (SSSR count). The number of nitrogens with zero attached hydrogens (tertiary/aromatic N) is 1.